The average Bonchev–Trinajstić information content (AvgIpc) is 3.03. The van der Waals surface area contributed by atoms with Crippen LogP contribution in [-0.4, -0.2) is 33.0 Å². The van der Waals surface area contributed by atoms with Gasteiger partial charge in [-0.3, -0.25) is 9.36 Å². The fourth-order valence-electron chi connectivity index (χ4n) is 2.47. The maximum absolute atomic E-state index is 12.2. The summed E-state index contributed by atoms with van der Waals surface area (Å²) in [4.78, 5) is 12.2. The highest BCUT2D eigenvalue weighted by Crippen LogP contribution is 2.25. The molecule has 0 atom stereocenters. The van der Waals surface area contributed by atoms with Crippen LogP contribution >= 0.6 is 23.4 Å². The van der Waals surface area contributed by atoms with Crippen molar-refractivity contribution in [2.45, 2.75) is 19.0 Å². The Kier molecular flexibility index (Phi) is 6.36. The molecule has 3 aromatic rings. The Balaban J connectivity index is 1.69. The van der Waals surface area contributed by atoms with Gasteiger partial charge in [0.05, 0.1) is 23.1 Å². The summed E-state index contributed by atoms with van der Waals surface area (Å²) in [6.07, 6.45) is 0. The number of halogens is 1. The number of benzene rings is 2. The quantitative estimate of drug-likeness (QED) is 0.594. The molecule has 140 valence electrons. The SMILES string of the molecule is CCOc1ccc(-n2c(C)nnc2SCC(=O)Nc2ccccc2Cl)cc1. The van der Waals surface area contributed by atoms with E-state index in [1.54, 1.807) is 12.1 Å². The summed E-state index contributed by atoms with van der Waals surface area (Å²) in [7, 11) is 0. The molecule has 1 amide bonds. The summed E-state index contributed by atoms with van der Waals surface area (Å²) in [5.41, 5.74) is 1.50. The van der Waals surface area contributed by atoms with Crippen LogP contribution in [0.5, 0.6) is 5.75 Å². The van der Waals surface area contributed by atoms with Gasteiger partial charge < -0.3 is 10.1 Å². The van der Waals surface area contributed by atoms with Gasteiger partial charge in [0.25, 0.3) is 0 Å². The number of carbonyl (C=O) groups excluding carboxylic acids is 1. The number of hydrogen-bond acceptors (Lipinski definition) is 5. The molecule has 0 bridgehead atoms. The molecule has 0 radical (unpaired) electrons. The van der Waals surface area contributed by atoms with Crippen LogP contribution in [0.2, 0.25) is 5.02 Å². The summed E-state index contributed by atoms with van der Waals surface area (Å²) in [6.45, 7) is 4.43. The van der Waals surface area contributed by atoms with Crippen LogP contribution in [-0.2, 0) is 4.79 Å². The molecule has 0 saturated carbocycles. The smallest absolute Gasteiger partial charge is 0.234 e. The Morgan fingerprint density at radius 1 is 1.19 bits per heavy atom. The molecule has 0 spiro atoms. The first-order valence-electron chi connectivity index (χ1n) is 8.41. The van der Waals surface area contributed by atoms with Crippen molar-refractivity contribution in [3.63, 3.8) is 0 Å². The van der Waals surface area contributed by atoms with Crippen molar-refractivity contribution < 1.29 is 9.53 Å². The van der Waals surface area contributed by atoms with Crippen molar-refractivity contribution in [3.8, 4) is 11.4 Å². The fraction of sp³-hybridized carbons (Fsp3) is 0.211. The predicted octanol–water partition coefficient (Wildman–Crippen LogP) is 4.36. The van der Waals surface area contributed by atoms with Gasteiger partial charge in [-0.15, -0.1) is 10.2 Å². The minimum absolute atomic E-state index is 0.160. The Bertz CT molecular complexity index is 928. The van der Waals surface area contributed by atoms with Crippen molar-refractivity contribution in [2.24, 2.45) is 0 Å². The van der Waals surface area contributed by atoms with Gasteiger partial charge in [0, 0.05) is 5.69 Å². The van der Waals surface area contributed by atoms with Crippen LogP contribution in [0, 0.1) is 6.92 Å². The molecule has 0 aliphatic heterocycles. The lowest BCUT2D eigenvalue weighted by Crippen LogP contribution is -2.14. The second-order valence-corrected chi connectivity index (χ2v) is 6.96. The molecule has 1 N–H and O–H groups in total. The molecule has 0 aliphatic carbocycles. The number of rotatable bonds is 7. The summed E-state index contributed by atoms with van der Waals surface area (Å²) in [5.74, 6) is 1.58. The van der Waals surface area contributed by atoms with Gasteiger partial charge in [-0.2, -0.15) is 0 Å². The van der Waals surface area contributed by atoms with Gasteiger partial charge in [0.2, 0.25) is 5.91 Å². The first kappa shape index (κ1) is 19.3. The molecule has 2 aromatic carbocycles. The number of para-hydroxylation sites is 1. The topological polar surface area (TPSA) is 69.0 Å². The minimum Gasteiger partial charge on any atom is -0.494 e. The Morgan fingerprint density at radius 3 is 2.63 bits per heavy atom. The third-order valence-corrected chi connectivity index (χ3v) is 4.94. The largest absolute Gasteiger partial charge is 0.494 e. The van der Waals surface area contributed by atoms with E-state index in [1.807, 2.05) is 54.8 Å². The van der Waals surface area contributed by atoms with Crippen LogP contribution < -0.4 is 10.1 Å². The molecule has 0 fully saturated rings. The Labute approximate surface area is 166 Å². The van der Waals surface area contributed by atoms with Gasteiger partial charge in [0.15, 0.2) is 5.16 Å². The van der Waals surface area contributed by atoms with Crippen molar-refractivity contribution in [3.05, 3.63) is 59.4 Å². The Hall–Kier alpha value is -2.51. The third-order valence-electron chi connectivity index (χ3n) is 3.68. The predicted molar refractivity (Wildman–Crippen MR) is 108 cm³/mol. The van der Waals surface area contributed by atoms with Gasteiger partial charge in [-0.25, -0.2) is 0 Å². The van der Waals surface area contributed by atoms with Crippen LogP contribution in [0.4, 0.5) is 5.69 Å². The molecule has 27 heavy (non-hydrogen) atoms. The van der Waals surface area contributed by atoms with Crippen molar-refractivity contribution in [1.82, 2.24) is 14.8 Å². The van der Waals surface area contributed by atoms with Crippen LogP contribution in [0.25, 0.3) is 5.69 Å². The van der Waals surface area contributed by atoms with E-state index in [2.05, 4.69) is 15.5 Å². The number of aryl methyl sites for hydroxylation is 1. The molecule has 3 rings (SSSR count). The molecule has 6 nitrogen and oxygen atoms in total. The summed E-state index contributed by atoms with van der Waals surface area (Å²) >= 11 is 7.38. The second kappa shape index (κ2) is 8.92. The normalized spacial score (nSPS) is 10.6. The summed E-state index contributed by atoms with van der Waals surface area (Å²) in [5, 5.41) is 12.3. The number of ether oxygens (including phenoxy) is 1. The van der Waals surface area contributed by atoms with Gasteiger partial charge >= 0.3 is 0 Å². The van der Waals surface area contributed by atoms with E-state index in [4.69, 9.17) is 16.3 Å². The highest BCUT2D eigenvalue weighted by molar-refractivity contribution is 7.99. The third kappa shape index (κ3) is 4.81. The number of thioether (sulfide) groups is 1. The van der Waals surface area contributed by atoms with E-state index < -0.39 is 0 Å². The number of nitrogens with zero attached hydrogens (tertiary/aromatic N) is 3. The number of carbonyl (C=O) groups is 1. The summed E-state index contributed by atoms with van der Waals surface area (Å²) < 4.78 is 7.38. The van der Waals surface area contributed by atoms with Crippen molar-refractivity contribution >= 4 is 35.0 Å². The maximum Gasteiger partial charge on any atom is 0.234 e. The van der Waals surface area contributed by atoms with E-state index >= 15 is 0 Å². The second-order valence-electron chi connectivity index (χ2n) is 5.61. The summed E-state index contributed by atoms with van der Waals surface area (Å²) in [6, 6.07) is 14.8. The Morgan fingerprint density at radius 2 is 1.93 bits per heavy atom. The lowest BCUT2D eigenvalue weighted by Gasteiger charge is -2.10. The van der Waals surface area contributed by atoms with Crippen LogP contribution in [0.3, 0.4) is 0 Å². The lowest BCUT2D eigenvalue weighted by atomic mass is 10.3. The van der Waals surface area contributed by atoms with Crippen LogP contribution in [0.15, 0.2) is 53.7 Å². The number of nitrogens with one attached hydrogen (secondary N) is 1. The molecular weight excluding hydrogens is 384 g/mol. The number of aromatic nitrogens is 3. The first-order chi connectivity index (χ1) is 13.1. The van der Waals surface area contributed by atoms with Crippen molar-refractivity contribution in [2.75, 3.05) is 17.7 Å². The molecule has 8 heteroatoms. The van der Waals surface area contributed by atoms with Crippen LogP contribution in [0.1, 0.15) is 12.7 Å². The fourth-order valence-corrected chi connectivity index (χ4v) is 3.45. The van der Waals surface area contributed by atoms with Gasteiger partial charge in [0.1, 0.15) is 11.6 Å². The van der Waals surface area contributed by atoms with Crippen molar-refractivity contribution in [1.29, 1.82) is 0 Å². The zero-order valence-electron chi connectivity index (χ0n) is 15.0. The highest BCUT2D eigenvalue weighted by Gasteiger charge is 2.14. The van der Waals surface area contributed by atoms with Gasteiger partial charge in [-0.1, -0.05) is 35.5 Å². The number of amides is 1. The standard InChI is InChI=1S/C19H19ClN4O2S/c1-3-26-15-10-8-14(9-11-15)24-13(2)22-23-19(24)27-12-18(25)21-17-7-5-4-6-16(17)20/h4-11H,3,12H2,1-2H3,(H,21,25). The van der Waals surface area contributed by atoms with E-state index in [0.29, 0.717) is 22.5 Å². The van der Waals surface area contributed by atoms with Gasteiger partial charge in [-0.05, 0) is 50.2 Å². The number of hydrogen-bond donors (Lipinski definition) is 1. The molecule has 0 unspecified atom stereocenters. The molecule has 1 heterocycles. The zero-order chi connectivity index (χ0) is 19.2. The molecule has 1 aromatic heterocycles. The molecule has 0 saturated heterocycles. The molecule has 0 aliphatic rings. The first-order valence-corrected chi connectivity index (χ1v) is 9.77. The molecular formula is C19H19ClN4O2S. The highest BCUT2D eigenvalue weighted by atomic mass is 35.5. The number of anilines is 1. The lowest BCUT2D eigenvalue weighted by molar-refractivity contribution is -0.113. The maximum atomic E-state index is 12.2. The van der Waals surface area contributed by atoms with E-state index in [0.717, 1.165) is 17.3 Å². The average molecular weight is 403 g/mol. The van der Waals surface area contributed by atoms with E-state index in [9.17, 15) is 4.79 Å². The minimum atomic E-state index is -0.160. The monoisotopic (exact) mass is 402 g/mol. The van der Waals surface area contributed by atoms with E-state index in [-0.39, 0.29) is 11.7 Å². The zero-order valence-corrected chi connectivity index (χ0v) is 16.5. The van der Waals surface area contributed by atoms with E-state index in [1.165, 1.54) is 11.8 Å².